The molecule has 0 spiro atoms. The van der Waals surface area contributed by atoms with Crippen LogP contribution in [0.5, 0.6) is 0 Å². The van der Waals surface area contributed by atoms with Crippen molar-refractivity contribution in [2.24, 2.45) is 5.92 Å². The van der Waals surface area contributed by atoms with E-state index in [2.05, 4.69) is 13.8 Å². The van der Waals surface area contributed by atoms with Crippen LogP contribution in [0.2, 0.25) is 0 Å². The smallest absolute Gasteiger partial charge is 0.0583 e. The van der Waals surface area contributed by atoms with Crippen LogP contribution in [0.25, 0.3) is 0 Å². The fraction of sp³-hybridized carbons (Fsp3) is 1.00. The Morgan fingerprint density at radius 1 is 1.45 bits per heavy atom. The molecule has 1 heterocycles. The van der Waals surface area contributed by atoms with Gasteiger partial charge in [-0.3, -0.25) is 0 Å². The minimum Gasteiger partial charge on any atom is -0.396 e. The summed E-state index contributed by atoms with van der Waals surface area (Å²) < 4.78 is 5.66. The Kier molecular flexibility index (Phi) is 3.34. The molecule has 1 fully saturated rings. The molecule has 0 aliphatic carbocycles. The zero-order valence-corrected chi connectivity index (χ0v) is 7.42. The molecular formula is C9H18O2. The van der Waals surface area contributed by atoms with E-state index in [0.29, 0.717) is 24.7 Å². The molecule has 0 radical (unpaired) electrons. The zero-order valence-electron chi connectivity index (χ0n) is 7.42. The van der Waals surface area contributed by atoms with Crippen LogP contribution in [0.4, 0.5) is 0 Å². The number of aliphatic hydroxyl groups is 1. The SMILES string of the molecule is CC1CC(CCCO)OC1C. The van der Waals surface area contributed by atoms with Crippen molar-refractivity contribution in [3.63, 3.8) is 0 Å². The zero-order chi connectivity index (χ0) is 8.27. The summed E-state index contributed by atoms with van der Waals surface area (Å²) in [6.45, 7) is 4.65. The highest BCUT2D eigenvalue weighted by Crippen LogP contribution is 2.27. The highest BCUT2D eigenvalue weighted by atomic mass is 16.5. The second-order valence-corrected chi connectivity index (χ2v) is 3.54. The Hall–Kier alpha value is -0.0800. The predicted octanol–water partition coefficient (Wildman–Crippen LogP) is 1.57. The maximum absolute atomic E-state index is 8.60. The molecule has 1 N–H and O–H groups in total. The monoisotopic (exact) mass is 158 g/mol. The Labute approximate surface area is 68.6 Å². The molecule has 66 valence electrons. The van der Waals surface area contributed by atoms with Crippen LogP contribution in [0, 0.1) is 5.92 Å². The van der Waals surface area contributed by atoms with Crippen molar-refractivity contribution >= 4 is 0 Å². The fourth-order valence-electron chi connectivity index (χ4n) is 1.60. The molecule has 3 atom stereocenters. The summed E-state index contributed by atoms with van der Waals surface area (Å²) in [6, 6.07) is 0. The van der Waals surface area contributed by atoms with Crippen molar-refractivity contribution in [3.05, 3.63) is 0 Å². The quantitative estimate of drug-likeness (QED) is 0.675. The van der Waals surface area contributed by atoms with E-state index >= 15 is 0 Å². The molecule has 0 bridgehead atoms. The lowest BCUT2D eigenvalue weighted by Crippen LogP contribution is -2.09. The minimum atomic E-state index is 0.294. The number of hydrogen-bond acceptors (Lipinski definition) is 2. The van der Waals surface area contributed by atoms with Crippen LogP contribution in [0.3, 0.4) is 0 Å². The Morgan fingerprint density at radius 3 is 2.64 bits per heavy atom. The first kappa shape index (κ1) is 9.01. The molecule has 0 saturated carbocycles. The van der Waals surface area contributed by atoms with Gasteiger partial charge < -0.3 is 9.84 Å². The molecule has 1 aliphatic rings. The largest absolute Gasteiger partial charge is 0.396 e. The van der Waals surface area contributed by atoms with Crippen LogP contribution >= 0.6 is 0 Å². The maximum atomic E-state index is 8.60. The van der Waals surface area contributed by atoms with Gasteiger partial charge in [-0.05, 0) is 32.1 Å². The number of rotatable bonds is 3. The summed E-state index contributed by atoms with van der Waals surface area (Å²) in [5.41, 5.74) is 0. The second-order valence-electron chi connectivity index (χ2n) is 3.54. The van der Waals surface area contributed by atoms with E-state index in [-0.39, 0.29) is 0 Å². The fourth-order valence-corrected chi connectivity index (χ4v) is 1.60. The van der Waals surface area contributed by atoms with Crippen molar-refractivity contribution in [2.75, 3.05) is 6.61 Å². The third kappa shape index (κ3) is 2.46. The van der Waals surface area contributed by atoms with Crippen LogP contribution in [-0.4, -0.2) is 23.9 Å². The summed E-state index contributed by atoms with van der Waals surface area (Å²) in [6.07, 6.45) is 3.89. The molecular weight excluding hydrogens is 140 g/mol. The molecule has 0 aromatic rings. The number of aliphatic hydroxyl groups excluding tert-OH is 1. The molecule has 1 rings (SSSR count). The van der Waals surface area contributed by atoms with E-state index < -0.39 is 0 Å². The Bertz CT molecular complexity index is 104. The summed E-state index contributed by atoms with van der Waals surface area (Å²) in [5.74, 6) is 0.693. The summed E-state index contributed by atoms with van der Waals surface area (Å²) >= 11 is 0. The Morgan fingerprint density at radius 2 is 2.18 bits per heavy atom. The third-order valence-corrected chi connectivity index (χ3v) is 2.53. The van der Waals surface area contributed by atoms with Gasteiger partial charge in [-0.15, -0.1) is 0 Å². The number of ether oxygens (including phenoxy) is 1. The van der Waals surface area contributed by atoms with E-state index in [1.165, 1.54) is 6.42 Å². The van der Waals surface area contributed by atoms with E-state index in [1.54, 1.807) is 0 Å². The highest BCUT2D eigenvalue weighted by molar-refractivity contribution is 4.76. The number of hydrogen-bond donors (Lipinski definition) is 1. The van der Waals surface area contributed by atoms with Gasteiger partial charge in [0.15, 0.2) is 0 Å². The van der Waals surface area contributed by atoms with Gasteiger partial charge in [0.25, 0.3) is 0 Å². The van der Waals surface area contributed by atoms with Crippen LogP contribution in [0.1, 0.15) is 33.1 Å². The van der Waals surface area contributed by atoms with Crippen LogP contribution in [-0.2, 0) is 4.74 Å². The average Bonchev–Trinajstić information content (AvgIpc) is 2.28. The van der Waals surface area contributed by atoms with Gasteiger partial charge in [-0.1, -0.05) is 6.92 Å². The molecule has 11 heavy (non-hydrogen) atoms. The summed E-state index contributed by atoms with van der Waals surface area (Å²) in [7, 11) is 0. The van der Waals surface area contributed by atoms with Crippen LogP contribution in [0.15, 0.2) is 0 Å². The van der Waals surface area contributed by atoms with Crippen molar-refractivity contribution in [1.82, 2.24) is 0 Å². The standard InChI is InChI=1S/C9H18O2/c1-7-6-9(4-3-5-10)11-8(7)2/h7-10H,3-6H2,1-2H3. The Balaban J connectivity index is 2.18. The minimum absolute atomic E-state index is 0.294. The molecule has 3 unspecified atom stereocenters. The first-order valence-corrected chi connectivity index (χ1v) is 4.50. The lowest BCUT2D eigenvalue weighted by Gasteiger charge is -2.09. The van der Waals surface area contributed by atoms with Gasteiger partial charge in [-0.2, -0.15) is 0 Å². The van der Waals surface area contributed by atoms with Crippen molar-refractivity contribution in [1.29, 1.82) is 0 Å². The van der Waals surface area contributed by atoms with Gasteiger partial charge >= 0.3 is 0 Å². The van der Waals surface area contributed by atoms with Gasteiger partial charge in [0.2, 0.25) is 0 Å². The molecule has 2 heteroatoms. The first-order chi connectivity index (χ1) is 5.24. The predicted molar refractivity (Wildman–Crippen MR) is 44.4 cm³/mol. The van der Waals surface area contributed by atoms with Crippen molar-refractivity contribution < 1.29 is 9.84 Å². The van der Waals surface area contributed by atoms with Gasteiger partial charge in [0.1, 0.15) is 0 Å². The molecule has 2 nitrogen and oxygen atoms in total. The third-order valence-electron chi connectivity index (χ3n) is 2.53. The second kappa shape index (κ2) is 4.07. The normalized spacial score (nSPS) is 37.9. The summed E-state index contributed by atoms with van der Waals surface area (Å²) in [5, 5.41) is 8.60. The molecule has 0 aromatic heterocycles. The van der Waals surface area contributed by atoms with E-state index in [4.69, 9.17) is 9.84 Å². The summed E-state index contributed by atoms with van der Waals surface area (Å²) in [4.78, 5) is 0. The average molecular weight is 158 g/mol. The van der Waals surface area contributed by atoms with Gasteiger partial charge in [0, 0.05) is 6.61 Å². The highest BCUT2D eigenvalue weighted by Gasteiger charge is 2.27. The maximum Gasteiger partial charge on any atom is 0.0583 e. The molecule has 1 aliphatic heterocycles. The van der Waals surface area contributed by atoms with E-state index in [0.717, 1.165) is 12.8 Å². The van der Waals surface area contributed by atoms with E-state index in [1.807, 2.05) is 0 Å². The van der Waals surface area contributed by atoms with Crippen molar-refractivity contribution in [2.45, 2.75) is 45.3 Å². The lowest BCUT2D eigenvalue weighted by molar-refractivity contribution is 0.0396. The van der Waals surface area contributed by atoms with Crippen molar-refractivity contribution in [3.8, 4) is 0 Å². The molecule has 1 saturated heterocycles. The van der Waals surface area contributed by atoms with Crippen LogP contribution < -0.4 is 0 Å². The molecule has 0 aromatic carbocycles. The molecule has 0 amide bonds. The van der Waals surface area contributed by atoms with Gasteiger partial charge in [-0.25, -0.2) is 0 Å². The topological polar surface area (TPSA) is 29.5 Å². The first-order valence-electron chi connectivity index (χ1n) is 4.50. The van der Waals surface area contributed by atoms with E-state index in [9.17, 15) is 0 Å². The van der Waals surface area contributed by atoms with Gasteiger partial charge in [0.05, 0.1) is 12.2 Å². The lowest BCUT2D eigenvalue weighted by atomic mass is 10.0.